The molecular formula is C11H24ClNO. The van der Waals surface area contributed by atoms with Crippen LogP contribution >= 0.6 is 12.4 Å². The summed E-state index contributed by atoms with van der Waals surface area (Å²) in [6.07, 6.45) is 5.49. The highest BCUT2D eigenvalue weighted by molar-refractivity contribution is 5.85. The van der Waals surface area contributed by atoms with Crippen LogP contribution in [-0.2, 0) is 4.79 Å². The zero-order valence-corrected chi connectivity index (χ0v) is 10.5. The molecule has 0 spiro atoms. The third-order valence-electron chi connectivity index (χ3n) is 2.36. The van der Waals surface area contributed by atoms with Crippen molar-refractivity contribution in [2.24, 2.45) is 0 Å². The van der Waals surface area contributed by atoms with Gasteiger partial charge in [-0.05, 0) is 20.3 Å². The second-order valence-electron chi connectivity index (χ2n) is 3.38. The Balaban J connectivity index is 0. The van der Waals surface area contributed by atoms with Gasteiger partial charge in [0.2, 0.25) is 5.91 Å². The molecule has 0 heterocycles. The van der Waals surface area contributed by atoms with Crippen LogP contribution in [-0.4, -0.2) is 23.9 Å². The van der Waals surface area contributed by atoms with Gasteiger partial charge in [-0.3, -0.25) is 4.79 Å². The van der Waals surface area contributed by atoms with Crippen LogP contribution < -0.4 is 0 Å². The van der Waals surface area contributed by atoms with Crippen molar-refractivity contribution in [3.63, 3.8) is 0 Å². The van der Waals surface area contributed by atoms with E-state index in [1.807, 2.05) is 18.7 Å². The van der Waals surface area contributed by atoms with Crippen LogP contribution in [0.2, 0.25) is 0 Å². The molecule has 0 aliphatic heterocycles. The molecule has 0 radical (unpaired) electrons. The molecule has 14 heavy (non-hydrogen) atoms. The molecule has 1 amide bonds. The van der Waals surface area contributed by atoms with Crippen molar-refractivity contribution in [2.75, 3.05) is 13.1 Å². The van der Waals surface area contributed by atoms with Crippen molar-refractivity contribution in [3.8, 4) is 0 Å². The fraction of sp³-hybridized carbons (Fsp3) is 0.909. The summed E-state index contributed by atoms with van der Waals surface area (Å²) in [5.41, 5.74) is 0. The summed E-state index contributed by atoms with van der Waals surface area (Å²) < 4.78 is 0. The lowest BCUT2D eigenvalue weighted by atomic mass is 10.1. The van der Waals surface area contributed by atoms with Gasteiger partial charge in [0.1, 0.15) is 0 Å². The van der Waals surface area contributed by atoms with Crippen molar-refractivity contribution in [2.45, 2.75) is 52.9 Å². The maximum Gasteiger partial charge on any atom is 0.222 e. The molecule has 86 valence electrons. The van der Waals surface area contributed by atoms with E-state index in [9.17, 15) is 4.79 Å². The molecule has 0 saturated heterocycles. The molecule has 0 aliphatic carbocycles. The van der Waals surface area contributed by atoms with Crippen molar-refractivity contribution in [3.05, 3.63) is 0 Å². The standard InChI is InChI=1S/C11H23NO.ClH/c1-4-7-8-9-10-11(13)12(5-2)6-3;/h4-10H2,1-3H3;1H. The minimum Gasteiger partial charge on any atom is -0.343 e. The summed E-state index contributed by atoms with van der Waals surface area (Å²) in [7, 11) is 0. The van der Waals surface area contributed by atoms with Crippen LogP contribution in [0.1, 0.15) is 52.9 Å². The van der Waals surface area contributed by atoms with Gasteiger partial charge >= 0.3 is 0 Å². The molecule has 0 aromatic carbocycles. The minimum absolute atomic E-state index is 0. The van der Waals surface area contributed by atoms with Gasteiger partial charge in [-0.15, -0.1) is 12.4 Å². The van der Waals surface area contributed by atoms with E-state index in [4.69, 9.17) is 0 Å². The Bertz CT molecular complexity index is 135. The second kappa shape index (κ2) is 10.8. The molecule has 0 aromatic rings. The molecule has 3 heteroatoms. The smallest absolute Gasteiger partial charge is 0.222 e. The summed E-state index contributed by atoms with van der Waals surface area (Å²) >= 11 is 0. The zero-order valence-electron chi connectivity index (χ0n) is 9.71. The summed E-state index contributed by atoms with van der Waals surface area (Å²) in [6, 6.07) is 0. The van der Waals surface area contributed by atoms with Crippen molar-refractivity contribution in [1.82, 2.24) is 4.90 Å². The van der Waals surface area contributed by atoms with Gasteiger partial charge in [-0.25, -0.2) is 0 Å². The van der Waals surface area contributed by atoms with Crippen molar-refractivity contribution < 1.29 is 4.79 Å². The number of halogens is 1. The Labute approximate surface area is 94.5 Å². The number of hydrogen-bond acceptors (Lipinski definition) is 1. The Morgan fingerprint density at radius 2 is 1.57 bits per heavy atom. The Kier molecular flexibility index (Phi) is 12.5. The van der Waals surface area contributed by atoms with Crippen LogP contribution in [0.25, 0.3) is 0 Å². The van der Waals surface area contributed by atoms with Crippen molar-refractivity contribution >= 4 is 18.3 Å². The molecule has 0 rings (SSSR count). The average Bonchev–Trinajstić information content (AvgIpc) is 2.14. The summed E-state index contributed by atoms with van der Waals surface area (Å²) in [4.78, 5) is 13.4. The minimum atomic E-state index is 0. The third kappa shape index (κ3) is 7.19. The van der Waals surface area contributed by atoms with E-state index in [-0.39, 0.29) is 12.4 Å². The summed E-state index contributed by atoms with van der Waals surface area (Å²) in [5, 5.41) is 0. The van der Waals surface area contributed by atoms with E-state index >= 15 is 0 Å². The van der Waals surface area contributed by atoms with Gasteiger partial charge in [0.25, 0.3) is 0 Å². The van der Waals surface area contributed by atoms with Gasteiger partial charge in [0.05, 0.1) is 0 Å². The Morgan fingerprint density at radius 1 is 1.00 bits per heavy atom. The highest BCUT2D eigenvalue weighted by atomic mass is 35.5. The molecule has 2 nitrogen and oxygen atoms in total. The van der Waals surface area contributed by atoms with Crippen LogP contribution in [0.15, 0.2) is 0 Å². The summed E-state index contributed by atoms with van der Waals surface area (Å²) in [6.45, 7) is 7.96. The maximum absolute atomic E-state index is 11.5. The predicted octanol–water partition coefficient (Wildman–Crippen LogP) is 3.25. The first-order valence-corrected chi connectivity index (χ1v) is 5.54. The van der Waals surface area contributed by atoms with Crippen LogP contribution in [0.4, 0.5) is 0 Å². The van der Waals surface area contributed by atoms with Gasteiger partial charge < -0.3 is 4.90 Å². The third-order valence-corrected chi connectivity index (χ3v) is 2.36. The Morgan fingerprint density at radius 3 is 2.00 bits per heavy atom. The highest BCUT2D eigenvalue weighted by Gasteiger charge is 2.07. The molecule has 0 aliphatic rings. The molecule has 0 fully saturated rings. The fourth-order valence-electron chi connectivity index (χ4n) is 1.44. The predicted molar refractivity (Wildman–Crippen MR) is 63.9 cm³/mol. The lowest BCUT2D eigenvalue weighted by Crippen LogP contribution is -2.30. The summed E-state index contributed by atoms with van der Waals surface area (Å²) in [5.74, 6) is 0.320. The molecule has 0 bridgehead atoms. The van der Waals surface area contributed by atoms with Gasteiger partial charge in [-0.1, -0.05) is 26.2 Å². The number of nitrogens with zero attached hydrogens (tertiary/aromatic N) is 1. The second-order valence-corrected chi connectivity index (χ2v) is 3.38. The molecule has 0 saturated carbocycles. The average molecular weight is 222 g/mol. The molecular weight excluding hydrogens is 198 g/mol. The maximum atomic E-state index is 11.5. The number of amides is 1. The van der Waals surface area contributed by atoms with E-state index < -0.39 is 0 Å². The SMILES string of the molecule is CCCCCCC(=O)N(CC)CC.Cl. The van der Waals surface area contributed by atoms with Gasteiger partial charge in [0.15, 0.2) is 0 Å². The quantitative estimate of drug-likeness (QED) is 0.605. The van der Waals surface area contributed by atoms with E-state index in [2.05, 4.69) is 6.92 Å². The number of rotatable bonds is 7. The Hall–Kier alpha value is -0.240. The number of carbonyl (C=O) groups excluding carboxylic acids is 1. The van der Waals surface area contributed by atoms with E-state index in [0.717, 1.165) is 25.9 Å². The molecule has 0 aromatic heterocycles. The lowest BCUT2D eigenvalue weighted by molar-refractivity contribution is -0.130. The molecule has 0 N–H and O–H groups in total. The van der Waals surface area contributed by atoms with Crippen LogP contribution in [0.5, 0.6) is 0 Å². The van der Waals surface area contributed by atoms with Crippen LogP contribution in [0.3, 0.4) is 0 Å². The molecule has 0 atom stereocenters. The normalized spacial score (nSPS) is 9.36. The first-order valence-electron chi connectivity index (χ1n) is 5.54. The van der Waals surface area contributed by atoms with Crippen LogP contribution in [0, 0.1) is 0 Å². The monoisotopic (exact) mass is 221 g/mol. The largest absolute Gasteiger partial charge is 0.343 e. The van der Waals surface area contributed by atoms with E-state index in [0.29, 0.717) is 5.91 Å². The lowest BCUT2D eigenvalue weighted by Gasteiger charge is -2.18. The zero-order chi connectivity index (χ0) is 10.1. The fourth-order valence-corrected chi connectivity index (χ4v) is 1.44. The van der Waals surface area contributed by atoms with Gasteiger partial charge in [-0.2, -0.15) is 0 Å². The van der Waals surface area contributed by atoms with E-state index in [1.165, 1.54) is 19.3 Å². The number of unbranched alkanes of at least 4 members (excludes halogenated alkanes) is 3. The first-order chi connectivity index (χ1) is 6.26. The number of hydrogen-bond donors (Lipinski definition) is 0. The topological polar surface area (TPSA) is 20.3 Å². The van der Waals surface area contributed by atoms with E-state index in [1.54, 1.807) is 0 Å². The molecule has 0 unspecified atom stereocenters. The highest BCUT2D eigenvalue weighted by Crippen LogP contribution is 2.04. The van der Waals surface area contributed by atoms with Gasteiger partial charge in [0, 0.05) is 19.5 Å². The number of carbonyl (C=O) groups is 1. The first kappa shape index (κ1) is 16.2. The van der Waals surface area contributed by atoms with Crippen molar-refractivity contribution in [1.29, 1.82) is 0 Å².